The molecule has 6 nitrogen and oxygen atoms in total. The van der Waals surface area contributed by atoms with Crippen molar-refractivity contribution in [3.63, 3.8) is 0 Å². The normalized spacial score (nSPS) is 11.6. The van der Waals surface area contributed by atoms with Gasteiger partial charge in [0.2, 0.25) is 0 Å². The van der Waals surface area contributed by atoms with Gasteiger partial charge in [-0.05, 0) is 32.9 Å². The number of carbonyl (C=O) groups excluding carboxylic acids is 1. The van der Waals surface area contributed by atoms with Crippen molar-refractivity contribution in [2.75, 3.05) is 7.05 Å². The van der Waals surface area contributed by atoms with Crippen LogP contribution in [0.4, 0.5) is 0 Å². The van der Waals surface area contributed by atoms with Gasteiger partial charge >= 0.3 is 5.97 Å². The van der Waals surface area contributed by atoms with E-state index >= 15 is 0 Å². The second-order valence-corrected chi connectivity index (χ2v) is 5.17. The fourth-order valence-electron chi connectivity index (χ4n) is 1.69. The van der Waals surface area contributed by atoms with E-state index in [1.807, 2.05) is 6.92 Å². The van der Waals surface area contributed by atoms with Crippen molar-refractivity contribution in [3.8, 4) is 0 Å². The topological polar surface area (TPSA) is 83.6 Å². The monoisotopic (exact) mass is 276 g/mol. The standard InChI is InChI=1S/C14H16N2O4/c1-8-5-6-10-9(15-8)7-11(20-10)12(17)16(4)14(2,3)13(18)19/h5-7H,1-4H3,(H,18,19). The van der Waals surface area contributed by atoms with Gasteiger partial charge in [0.15, 0.2) is 11.3 Å². The molecule has 0 spiro atoms. The first-order valence-electron chi connectivity index (χ1n) is 6.12. The van der Waals surface area contributed by atoms with Crippen LogP contribution >= 0.6 is 0 Å². The summed E-state index contributed by atoms with van der Waals surface area (Å²) in [5.74, 6) is -1.50. The third-order valence-electron chi connectivity index (χ3n) is 3.39. The van der Waals surface area contributed by atoms with Gasteiger partial charge in [-0.1, -0.05) is 0 Å². The Labute approximate surface area is 116 Å². The van der Waals surface area contributed by atoms with E-state index in [-0.39, 0.29) is 5.76 Å². The molecule has 0 aliphatic heterocycles. The lowest BCUT2D eigenvalue weighted by Crippen LogP contribution is -2.50. The van der Waals surface area contributed by atoms with E-state index in [9.17, 15) is 9.59 Å². The number of furan rings is 1. The largest absolute Gasteiger partial charge is 0.480 e. The number of pyridine rings is 1. The van der Waals surface area contributed by atoms with Gasteiger partial charge in [-0.25, -0.2) is 9.78 Å². The second-order valence-electron chi connectivity index (χ2n) is 5.17. The molecule has 0 aliphatic carbocycles. The van der Waals surface area contributed by atoms with Crippen molar-refractivity contribution in [2.24, 2.45) is 0 Å². The molecular formula is C14H16N2O4. The Hall–Kier alpha value is -2.37. The van der Waals surface area contributed by atoms with Crippen LogP contribution in [0.2, 0.25) is 0 Å². The highest BCUT2D eigenvalue weighted by molar-refractivity contribution is 5.98. The minimum absolute atomic E-state index is 0.0786. The molecule has 0 saturated carbocycles. The zero-order valence-electron chi connectivity index (χ0n) is 11.8. The molecule has 1 amide bonds. The average molecular weight is 276 g/mol. The number of fused-ring (bicyclic) bond motifs is 1. The zero-order valence-corrected chi connectivity index (χ0v) is 11.8. The molecule has 0 bridgehead atoms. The Bertz CT molecular complexity index is 688. The summed E-state index contributed by atoms with van der Waals surface area (Å²) < 4.78 is 5.43. The second kappa shape index (κ2) is 4.63. The Morgan fingerprint density at radius 3 is 2.60 bits per heavy atom. The summed E-state index contributed by atoms with van der Waals surface area (Å²) in [6, 6.07) is 5.04. The molecule has 106 valence electrons. The molecule has 0 saturated heterocycles. The Kier molecular flexibility index (Phi) is 3.25. The minimum Gasteiger partial charge on any atom is -0.480 e. The van der Waals surface area contributed by atoms with Crippen LogP contribution in [-0.4, -0.2) is 39.5 Å². The fraction of sp³-hybridized carbons (Fsp3) is 0.357. The summed E-state index contributed by atoms with van der Waals surface area (Å²) in [7, 11) is 1.43. The molecule has 0 fully saturated rings. The third kappa shape index (κ3) is 2.24. The number of hydrogen-bond donors (Lipinski definition) is 1. The number of amides is 1. The van der Waals surface area contributed by atoms with E-state index in [0.717, 1.165) is 10.6 Å². The van der Waals surface area contributed by atoms with Crippen molar-refractivity contribution in [1.82, 2.24) is 9.88 Å². The van der Waals surface area contributed by atoms with E-state index < -0.39 is 17.4 Å². The van der Waals surface area contributed by atoms with Crippen LogP contribution in [0.1, 0.15) is 30.1 Å². The van der Waals surface area contributed by atoms with Crippen LogP contribution < -0.4 is 0 Å². The van der Waals surface area contributed by atoms with Crippen LogP contribution in [0, 0.1) is 6.92 Å². The molecule has 2 heterocycles. The highest BCUT2D eigenvalue weighted by Crippen LogP contribution is 2.22. The highest BCUT2D eigenvalue weighted by atomic mass is 16.4. The number of aliphatic carboxylic acids is 1. The molecule has 0 radical (unpaired) electrons. The first-order valence-corrected chi connectivity index (χ1v) is 6.12. The van der Waals surface area contributed by atoms with E-state index in [1.165, 1.54) is 27.0 Å². The van der Waals surface area contributed by atoms with Gasteiger partial charge in [0.05, 0.1) is 0 Å². The molecule has 2 rings (SSSR count). The predicted octanol–water partition coefficient (Wildman–Crippen LogP) is 2.07. The number of aromatic nitrogens is 1. The number of rotatable bonds is 3. The van der Waals surface area contributed by atoms with Gasteiger partial charge in [0.1, 0.15) is 11.1 Å². The van der Waals surface area contributed by atoms with E-state index in [1.54, 1.807) is 12.1 Å². The summed E-state index contributed by atoms with van der Waals surface area (Å²) in [6.45, 7) is 4.75. The molecular weight excluding hydrogens is 260 g/mol. The van der Waals surface area contributed by atoms with Gasteiger partial charge in [-0.3, -0.25) is 4.79 Å². The number of carboxylic acids is 1. The average Bonchev–Trinajstić information content (AvgIpc) is 2.79. The van der Waals surface area contributed by atoms with Crippen LogP contribution in [0.25, 0.3) is 11.1 Å². The maximum Gasteiger partial charge on any atom is 0.329 e. The number of aryl methyl sites for hydroxylation is 1. The quantitative estimate of drug-likeness (QED) is 0.927. The number of likely N-dealkylation sites (N-methyl/N-ethyl adjacent to an activating group) is 1. The van der Waals surface area contributed by atoms with Crippen molar-refractivity contribution in [1.29, 1.82) is 0 Å². The first kappa shape index (κ1) is 14.0. The number of carboxylic acid groups (broad SMARTS) is 1. The van der Waals surface area contributed by atoms with Crippen molar-refractivity contribution >= 4 is 23.0 Å². The number of hydrogen-bond acceptors (Lipinski definition) is 4. The molecule has 2 aromatic heterocycles. The van der Waals surface area contributed by atoms with E-state index in [0.29, 0.717) is 11.1 Å². The Balaban J connectivity index is 2.38. The molecule has 2 aromatic rings. The predicted molar refractivity (Wildman–Crippen MR) is 72.6 cm³/mol. The highest BCUT2D eigenvalue weighted by Gasteiger charge is 2.36. The molecule has 6 heteroatoms. The third-order valence-corrected chi connectivity index (χ3v) is 3.39. The first-order chi connectivity index (χ1) is 9.23. The van der Waals surface area contributed by atoms with Crippen LogP contribution in [0.15, 0.2) is 22.6 Å². The summed E-state index contributed by atoms with van der Waals surface area (Å²) >= 11 is 0. The molecule has 0 aliphatic rings. The van der Waals surface area contributed by atoms with Crippen LogP contribution in [0.5, 0.6) is 0 Å². The minimum atomic E-state index is -1.32. The Morgan fingerprint density at radius 2 is 2.00 bits per heavy atom. The SMILES string of the molecule is Cc1ccc2oc(C(=O)N(C)C(C)(C)C(=O)O)cc2n1. The van der Waals surface area contributed by atoms with Gasteiger partial charge in [0, 0.05) is 18.8 Å². The van der Waals surface area contributed by atoms with Crippen molar-refractivity contribution in [3.05, 3.63) is 29.7 Å². The van der Waals surface area contributed by atoms with Crippen molar-refractivity contribution in [2.45, 2.75) is 26.3 Å². The summed E-state index contributed by atoms with van der Waals surface area (Å²) in [6.07, 6.45) is 0. The van der Waals surface area contributed by atoms with Gasteiger partial charge in [-0.2, -0.15) is 0 Å². The van der Waals surface area contributed by atoms with E-state index in [2.05, 4.69) is 4.98 Å². The molecule has 20 heavy (non-hydrogen) atoms. The van der Waals surface area contributed by atoms with Gasteiger partial charge in [0.25, 0.3) is 5.91 Å². The van der Waals surface area contributed by atoms with Gasteiger partial charge in [-0.15, -0.1) is 0 Å². The van der Waals surface area contributed by atoms with Gasteiger partial charge < -0.3 is 14.4 Å². The summed E-state index contributed by atoms with van der Waals surface area (Å²) in [4.78, 5) is 28.9. The molecule has 0 unspecified atom stereocenters. The lowest BCUT2D eigenvalue weighted by atomic mass is 10.0. The van der Waals surface area contributed by atoms with Crippen molar-refractivity contribution < 1.29 is 19.1 Å². The van der Waals surface area contributed by atoms with E-state index in [4.69, 9.17) is 9.52 Å². The molecule has 0 atom stereocenters. The molecule has 0 aromatic carbocycles. The summed E-state index contributed by atoms with van der Waals surface area (Å²) in [5, 5.41) is 9.15. The zero-order chi connectivity index (χ0) is 15.1. The summed E-state index contributed by atoms with van der Waals surface area (Å²) in [5.41, 5.74) is 0.575. The smallest absolute Gasteiger partial charge is 0.329 e. The van der Waals surface area contributed by atoms with Crippen LogP contribution in [0.3, 0.4) is 0 Å². The Morgan fingerprint density at radius 1 is 1.35 bits per heavy atom. The fourth-order valence-corrected chi connectivity index (χ4v) is 1.69. The lowest BCUT2D eigenvalue weighted by Gasteiger charge is -2.30. The van der Waals surface area contributed by atoms with Crippen LogP contribution in [-0.2, 0) is 4.79 Å². The number of nitrogens with zero attached hydrogens (tertiary/aromatic N) is 2. The lowest BCUT2D eigenvalue weighted by molar-refractivity contribution is -0.147. The maximum absolute atomic E-state index is 12.3. The number of carbonyl (C=O) groups is 2. The maximum atomic E-state index is 12.3. The molecule has 1 N–H and O–H groups in total.